The number of hydrogen-bond acceptors (Lipinski definition) is 8. The van der Waals surface area contributed by atoms with Crippen LogP contribution in [-0.4, -0.2) is 35.0 Å². The molecule has 0 aliphatic carbocycles. The molecule has 3 rings (SSSR count). The van der Waals surface area contributed by atoms with Crippen molar-refractivity contribution in [1.29, 1.82) is 0 Å². The van der Waals surface area contributed by atoms with Gasteiger partial charge in [-0.25, -0.2) is 0 Å². The normalized spacial score (nSPS) is 12.2. The summed E-state index contributed by atoms with van der Waals surface area (Å²) in [5.41, 5.74) is 6.71. The summed E-state index contributed by atoms with van der Waals surface area (Å²) in [4.78, 5) is 8.17. The highest BCUT2D eigenvalue weighted by atomic mass is 16.7. The van der Waals surface area contributed by atoms with E-state index in [9.17, 15) is 0 Å². The van der Waals surface area contributed by atoms with Gasteiger partial charge in [0.05, 0.1) is 6.61 Å². The van der Waals surface area contributed by atoms with E-state index in [0.717, 1.165) is 17.1 Å². The molecule has 5 N–H and O–H groups in total. The van der Waals surface area contributed by atoms with Gasteiger partial charge in [0.25, 0.3) is 0 Å². The molecule has 0 bridgehead atoms. The van der Waals surface area contributed by atoms with Crippen molar-refractivity contribution in [1.82, 2.24) is 9.97 Å². The lowest BCUT2D eigenvalue weighted by atomic mass is 10.2. The van der Waals surface area contributed by atoms with Gasteiger partial charge in [-0.15, -0.1) is 0 Å². The van der Waals surface area contributed by atoms with Gasteiger partial charge in [0.1, 0.15) is 11.6 Å². The van der Waals surface area contributed by atoms with Gasteiger partial charge in [-0.1, -0.05) is 6.07 Å². The fourth-order valence-corrected chi connectivity index (χ4v) is 2.07. The van der Waals surface area contributed by atoms with Crippen LogP contribution in [0.15, 0.2) is 24.3 Å². The summed E-state index contributed by atoms with van der Waals surface area (Å²) in [6, 6.07) is 7.49. The number of aromatic nitrogens is 2. The molecule has 8 heteroatoms. The van der Waals surface area contributed by atoms with E-state index >= 15 is 0 Å². The first-order chi connectivity index (χ1) is 10.7. The molecule has 8 nitrogen and oxygen atoms in total. The zero-order valence-corrected chi connectivity index (χ0v) is 11.9. The molecule has 2 heterocycles. The minimum atomic E-state index is 0.0177. The van der Waals surface area contributed by atoms with Crippen LogP contribution in [0.25, 0.3) is 0 Å². The minimum Gasteiger partial charge on any atom is -0.454 e. The second-order valence-corrected chi connectivity index (χ2v) is 4.69. The average Bonchev–Trinajstić information content (AvgIpc) is 2.98. The van der Waals surface area contributed by atoms with Crippen LogP contribution >= 0.6 is 0 Å². The molecule has 0 fully saturated rings. The monoisotopic (exact) mass is 303 g/mol. The maximum Gasteiger partial charge on any atom is 0.231 e. The van der Waals surface area contributed by atoms with E-state index in [2.05, 4.69) is 20.6 Å². The molecule has 1 aromatic carbocycles. The highest BCUT2D eigenvalue weighted by Crippen LogP contribution is 2.32. The fraction of sp³-hybridized carbons (Fsp3) is 0.286. The van der Waals surface area contributed by atoms with Gasteiger partial charge >= 0.3 is 0 Å². The highest BCUT2D eigenvalue weighted by Gasteiger charge is 2.13. The van der Waals surface area contributed by atoms with Gasteiger partial charge in [0, 0.05) is 19.2 Å². The largest absolute Gasteiger partial charge is 0.454 e. The Kier molecular flexibility index (Phi) is 4.10. The van der Waals surface area contributed by atoms with Gasteiger partial charge in [0.2, 0.25) is 12.7 Å². The predicted molar refractivity (Wildman–Crippen MR) is 81.9 cm³/mol. The lowest BCUT2D eigenvalue weighted by Gasteiger charge is -2.09. The molecule has 0 spiro atoms. The molecule has 22 heavy (non-hydrogen) atoms. The summed E-state index contributed by atoms with van der Waals surface area (Å²) in [6.07, 6.45) is 0. The molecular weight excluding hydrogens is 286 g/mol. The lowest BCUT2D eigenvalue weighted by Crippen LogP contribution is -2.10. The number of nitrogens with one attached hydrogen (secondary N) is 2. The molecule has 1 aliphatic heterocycles. The average molecular weight is 303 g/mol. The smallest absolute Gasteiger partial charge is 0.231 e. The van der Waals surface area contributed by atoms with Crippen molar-refractivity contribution >= 4 is 17.6 Å². The van der Waals surface area contributed by atoms with E-state index in [1.165, 1.54) is 0 Å². The molecule has 116 valence electrons. The summed E-state index contributed by atoms with van der Waals surface area (Å²) in [5, 5.41) is 15.0. The van der Waals surface area contributed by atoms with E-state index in [1.807, 2.05) is 18.2 Å². The molecule has 0 atom stereocenters. The Bertz CT molecular complexity index is 665. The zero-order valence-electron chi connectivity index (χ0n) is 11.9. The van der Waals surface area contributed by atoms with E-state index in [4.69, 9.17) is 20.3 Å². The van der Waals surface area contributed by atoms with Crippen molar-refractivity contribution in [3.8, 4) is 11.5 Å². The number of nitrogens with zero attached hydrogens (tertiary/aromatic N) is 2. The molecule has 0 amide bonds. The zero-order chi connectivity index (χ0) is 15.4. The highest BCUT2D eigenvalue weighted by molar-refractivity contribution is 5.52. The third kappa shape index (κ3) is 3.29. The Balaban J connectivity index is 1.66. The number of anilines is 3. The fourth-order valence-electron chi connectivity index (χ4n) is 2.07. The first kappa shape index (κ1) is 14.2. The number of aliphatic hydroxyl groups excluding tert-OH is 1. The maximum atomic E-state index is 8.82. The molecule has 0 radical (unpaired) electrons. The summed E-state index contributed by atoms with van der Waals surface area (Å²) >= 11 is 0. The first-order valence-corrected chi connectivity index (χ1v) is 6.86. The molecule has 1 aliphatic rings. The van der Waals surface area contributed by atoms with Gasteiger partial charge in [-0.05, 0) is 17.7 Å². The lowest BCUT2D eigenvalue weighted by molar-refractivity contribution is 0.174. The van der Waals surface area contributed by atoms with Crippen LogP contribution in [0.2, 0.25) is 0 Å². The van der Waals surface area contributed by atoms with Crippen molar-refractivity contribution < 1.29 is 14.6 Å². The number of benzene rings is 1. The topological polar surface area (TPSA) is 115 Å². The van der Waals surface area contributed by atoms with Gasteiger partial charge in [-0.2, -0.15) is 9.97 Å². The van der Waals surface area contributed by atoms with E-state index in [1.54, 1.807) is 6.07 Å². The molecule has 2 aromatic rings. The van der Waals surface area contributed by atoms with Gasteiger partial charge in [0.15, 0.2) is 11.5 Å². The SMILES string of the molecule is Nc1nc(NCCO)cc(NCc2ccc3c(c2)OCO3)n1. The maximum absolute atomic E-state index is 8.82. The number of hydrogen-bond donors (Lipinski definition) is 4. The summed E-state index contributed by atoms with van der Waals surface area (Å²) in [6.45, 7) is 1.24. The third-order valence-electron chi connectivity index (χ3n) is 3.07. The number of nitrogen functional groups attached to an aromatic ring is 1. The number of fused-ring (bicyclic) bond motifs is 1. The van der Waals surface area contributed by atoms with Crippen LogP contribution in [-0.2, 0) is 6.54 Å². The van der Waals surface area contributed by atoms with Crippen molar-refractivity contribution in [3.63, 3.8) is 0 Å². The number of ether oxygens (including phenoxy) is 2. The number of nitrogens with two attached hydrogens (primary N) is 1. The van der Waals surface area contributed by atoms with Crippen molar-refractivity contribution in [2.24, 2.45) is 0 Å². The number of aliphatic hydroxyl groups is 1. The van der Waals surface area contributed by atoms with Gasteiger partial charge < -0.3 is 30.9 Å². The second-order valence-electron chi connectivity index (χ2n) is 4.69. The first-order valence-electron chi connectivity index (χ1n) is 6.86. The Morgan fingerprint density at radius 3 is 2.68 bits per heavy atom. The quantitative estimate of drug-likeness (QED) is 0.619. The summed E-state index contributed by atoms with van der Waals surface area (Å²) < 4.78 is 10.6. The molecule has 0 saturated heterocycles. The van der Waals surface area contributed by atoms with Crippen molar-refractivity contribution in [2.45, 2.75) is 6.54 Å². The molecule has 0 saturated carbocycles. The molecule has 1 aromatic heterocycles. The Morgan fingerprint density at radius 1 is 1.09 bits per heavy atom. The van der Waals surface area contributed by atoms with Crippen LogP contribution in [0.3, 0.4) is 0 Å². The van der Waals surface area contributed by atoms with Crippen LogP contribution in [0.1, 0.15) is 5.56 Å². The second kappa shape index (κ2) is 6.35. The standard InChI is InChI=1S/C14H17N5O3/c15-14-18-12(16-3-4-20)6-13(19-14)17-7-9-1-2-10-11(5-9)22-8-21-10/h1-2,5-6,20H,3-4,7-8H2,(H4,15,16,17,18,19). The van der Waals surface area contributed by atoms with Gasteiger partial charge in [-0.3, -0.25) is 0 Å². The van der Waals surface area contributed by atoms with E-state index in [-0.39, 0.29) is 19.3 Å². The molecule has 0 unspecified atom stereocenters. The number of rotatable bonds is 6. The minimum absolute atomic E-state index is 0.0177. The van der Waals surface area contributed by atoms with Crippen LogP contribution in [0.5, 0.6) is 11.5 Å². The van der Waals surface area contributed by atoms with Crippen LogP contribution in [0.4, 0.5) is 17.6 Å². The Morgan fingerprint density at radius 2 is 1.86 bits per heavy atom. The third-order valence-corrected chi connectivity index (χ3v) is 3.07. The summed E-state index contributed by atoms with van der Waals surface area (Å²) in [5.74, 6) is 2.83. The van der Waals surface area contributed by atoms with Crippen molar-refractivity contribution in [2.75, 3.05) is 36.3 Å². The van der Waals surface area contributed by atoms with E-state index in [0.29, 0.717) is 24.7 Å². The van der Waals surface area contributed by atoms with Crippen LogP contribution < -0.4 is 25.8 Å². The van der Waals surface area contributed by atoms with E-state index < -0.39 is 0 Å². The summed E-state index contributed by atoms with van der Waals surface area (Å²) in [7, 11) is 0. The van der Waals surface area contributed by atoms with Crippen LogP contribution in [0, 0.1) is 0 Å². The molecular formula is C14H17N5O3. The van der Waals surface area contributed by atoms with Crippen molar-refractivity contribution in [3.05, 3.63) is 29.8 Å². The predicted octanol–water partition coefficient (Wildman–Crippen LogP) is 0.804. The Labute approximate surface area is 127 Å². The Hall–Kier alpha value is -2.74.